The number of rotatable bonds is 6. The van der Waals surface area contributed by atoms with Crippen LogP contribution in [0.4, 0.5) is 5.69 Å². The van der Waals surface area contributed by atoms with E-state index < -0.39 is 23.4 Å². The lowest BCUT2D eigenvalue weighted by Crippen LogP contribution is -2.38. The zero-order valence-electron chi connectivity index (χ0n) is 11.5. The number of hydrogen-bond donors (Lipinski definition) is 4. The number of anilines is 1. The van der Waals surface area contributed by atoms with E-state index in [9.17, 15) is 14.4 Å². The van der Waals surface area contributed by atoms with Crippen LogP contribution in [0.3, 0.4) is 0 Å². The van der Waals surface area contributed by atoms with Gasteiger partial charge in [-0.2, -0.15) is 0 Å². The van der Waals surface area contributed by atoms with Crippen molar-refractivity contribution in [1.29, 1.82) is 0 Å². The van der Waals surface area contributed by atoms with E-state index in [0.29, 0.717) is 0 Å². The van der Waals surface area contributed by atoms with E-state index in [1.165, 1.54) is 26.0 Å². The summed E-state index contributed by atoms with van der Waals surface area (Å²) in [7, 11) is 0. The number of carbonyl (C=O) groups excluding carboxylic acids is 1. The quantitative estimate of drug-likeness (QED) is 0.600. The maximum Gasteiger partial charge on any atom is 0.347 e. The van der Waals surface area contributed by atoms with Gasteiger partial charge in [-0.25, -0.2) is 9.59 Å². The van der Waals surface area contributed by atoms with Gasteiger partial charge < -0.3 is 26.0 Å². The molecular formula is C13H16N2O6. The lowest BCUT2D eigenvalue weighted by Gasteiger charge is -2.23. The third-order valence-electron chi connectivity index (χ3n) is 2.57. The van der Waals surface area contributed by atoms with Crippen molar-refractivity contribution in [2.45, 2.75) is 19.4 Å². The summed E-state index contributed by atoms with van der Waals surface area (Å²) in [6.07, 6.45) is 0. The van der Waals surface area contributed by atoms with Crippen LogP contribution < -0.4 is 15.8 Å². The summed E-state index contributed by atoms with van der Waals surface area (Å²) >= 11 is 0. The molecule has 0 saturated carbocycles. The highest BCUT2D eigenvalue weighted by atomic mass is 16.5. The van der Waals surface area contributed by atoms with Crippen molar-refractivity contribution in [3.05, 3.63) is 23.8 Å². The molecule has 1 aromatic rings. The molecule has 0 atom stereocenters. The van der Waals surface area contributed by atoms with Gasteiger partial charge in [-0.1, -0.05) is 0 Å². The second kappa shape index (κ2) is 6.23. The predicted octanol–water partition coefficient (Wildman–Crippen LogP) is 0.524. The molecule has 0 fully saturated rings. The molecule has 0 aliphatic heterocycles. The highest BCUT2D eigenvalue weighted by Crippen LogP contribution is 2.29. The minimum Gasteiger partial charge on any atom is -0.478 e. The maximum absolute atomic E-state index is 11.3. The number of nitrogens with two attached hydrogens (primary N) is 1. The van der Waals surface area contributed by atoms with Gasteiger partial charge in [-0.3, -0.25) is 4.79 Å². The van der Waals surface area contributed by atoms with Gasteiger partial charge in [0, 0.05) is 0 Å². The summed E-state index contributed by atoms with van der Waals surface area (Å²) in [4.78, 5) is 33.4. The molecule has 5 N–H and O–H groups in total. The molecule has 0 bridgehead atoms. The van der Waals surface area contributed by atoms with Crippen molar-refractivity contribution in [3.63, 3.8) is 0 Å². The van der Waals surface area contributed by atoms with Crippen LogP contribution in [0.25, 0.3) is 0 Å². The van der Waals surface area contributed by atoms with Gasteiger partial charge in [0.05, 0.1) is 17.8 Å². The number of amides is 1. The molecule has 1 rings (SSSR count). The molecule has 8 nitrogen and oxygen atoms in total. The number of aromatic carboxylic acids is 1. The smallest absolute Gasteiger partial charge is 0.347 e. The Hall–Kier alpha value is -2.61. The third kappa shape index (κ3) is 4.18. The number of nitrogens with one attached hydrogen (secondary N) is 1. The molecule has 114 valence electrons. The van der Waals surface area contributed by atoms with Crippen molar-refractivity contribution < 1.29 is 29.3 Å². The molecule has 1 aromatic carbocycles. The molecule has 21 heavy (non-hydrogen) atoms. The number of hydrogen-bond acceptors (Lipinski definition) is 5. The Morgan fingerprint density at radius 3 is 2.38 bits per heavy atom. The van der Waals surface area contributed by atoms with Crippen molar-refractivity contribution >= 4 is 23.5 Å². The lowest BCUT2D eigenvalue weighted by atomic mass is 10.1. The van der Waals surface area contributed by atoms with Crippen LogP contribution in [0, 0.1) is 0 Å². The van der Waals surface area contributed by atoms with Crippen LogP contribution in [-0.2, 0) is 9.59 Å². The van der Waals surface area contributed by atoms with Gasteiger partial charge in [0.2, 0.25) is 5.91 Å². The predicted molar refractivity (Wildman–Crippen MR) is 73.4 cm³/mol. The van der Waals surface area contributed by atoms with Crippen LogP contribution in [0.2, 0.25) is 0 Å². The van der Waals surface area contributed by atoms with E-state index >= 15 is 0 Å². The van der Waals surface area contributed by atoms with Crippen molar-refractivity contribution in [1.82, 2.24) is 0 Å². The number of carboxylic acid groups (broad SMARTS) is 2. The Bertz CT molecular complexity index is 582. The first-order chi connectivity index (χ1) is 9.67. The number of carbonyl (C=O) groups is 3. The van der Waals surface area contributed by atoms with E-state index in [4.69, 9.17) is 20.7 Å². The van der Waals surface area contributed by atoms with Gasteiger partial charge in [0.25, 0.3) is 0 Å². The third-order valence-corrected chi connectivity index (χ3v) is 2.57. The minimum atomic E-state index is -1.60. The van der Waals surface area contributed by atoms with Gasteiger partial charge in [0.15, 0.2) is 5.60 Å². The summed E-state index contributed by atoms with van der Waals surface area (Å²) < 4.78 is 5.31. The Balaban J connectivity index is 3.22. The molecule has 0 aromatic heterocycles. The Morgan fingerprint density at radius 2 is 1.90 bits per heavy atom. The monoisotopic (exact) mass is 296 g/mol. The molecule has 0 aliphatic rings. The fourth-order valence-electron chi connectivity index (χ4n) is 1.36. The number of benzene rings is 1. The average Bonchev–Trinajstić information content (AvgIpc) is 2.39. The summed E-state index contributed by atoms with van der Waals surface area (Å²) in [6.45, 7) is 2.33. The van der Waals surface area contributed by atoms with E-state index in [1.54, 1.807) is 0 Å². The Morgan fingerprint density at radius 1 is 1.29 bits per heavy atom. The van der Waals surface area contributed by atoms with Crippen molar-refractivity contribution in [2.24, 2.45) is 5.73 Å². The molecule has 0 saturated heterocycles. The van der Waals surface area contributed by atoms with E-state index in [2.05, 4.69) is 5.32 Å². The van der Waals surface area contributed by atoms with Gasteiger partial charge in [-0.15, -0.1) is 0 Å². The summed E-state index contributed by atoms with van der Waals surface area (Å²) in [5.41, 5.74) is 3.63. The standard InChI is InChI=1S/C13H16N2O6/c1-13(2,12(19)20)21-9-5-7(11(17)18)3-4-8(9)15-10(16)6-14/h3-5H,6,14H2,1-2H3,(H,15,16)(H,17,18)(H,19,20). The summed E-state index contributed by atoms with van der Waals surface area (Å²) in [5.74, 6) is -3.02. The molecule has 0 heterocycles. The highest BCUT2D eigenvalue weighted by molar-refractivity contribution is 5.95. The van der Waals surface area contributed by atoms with Gasteiger partial charge in [-0.05, 0) is 32.0 Å². The second-order valence-corrected chi connectivity index (χ2v) is 4.69. The first kappa shape index (κ1) is 16.4. The first-order valence-corrected chi connectivity index (χ1v) is 5.97. The largest absolute Gasteiger partial charge is 0.478 e. The van der Waals surface area contributed by atoms with Crippen molar-refractivity contribution in [3.8, 4) is 5.75 Å². The second-order valence-electron chi connectivity index (χ2n) is 4.69. The topological polar surface area (TPSA) is 139 Å². The van der Waals surface area contributed by atoms with Gasteiger partial charge in [0.1, 0.15) is 5.75 Å². The molecular weight excluding hydrogens is 280 g/mol. The van der Waals surface area contributed by atoms with E-state index in [1.807, 2.05) is 0 Å². The average molecular weight is 296 g/mol. The molecule has 0 radical (unpaired) electrons. The van der Waals surface area contributed by atoms with Gasteiger partial charge >= 0.3 is 11.9 Å². The van der Waals surface area contributed by atoms with Crippen molar-refractivity contribution in [2.75, 3.05) is 11.9 Å². The Labute approximate surface area is 120 Å². The number of carboxylic acids is 2. The fourth-order valence-corrected chi connectivity index (χ4v) is 1.36. The van der Waals surface area contributed by atoms with E-state index in [-0.39, 0.29) is 23.5 Å². The SMILES string of the molecule is CC(C)(Oc1cc(C(=O)O)ccc1NC(=O)CN)C(=O)O. The van der Waals surface area contributed by atoms with Crippen LogP contribution in [0.1, 0.15) is 24.2 Å². The zero-order chi connectivity index (χ0) is 16.2. The molecule has 0 spiro atoms. The lowest BCUT2D eigenvalue weighted by molar-refractivity contribution is -0.152. The summed E-state index contributed by atoms with van der Waals surface area (Å²) in [6, 6.07) is 3.71. The highest BCUT2D eigenvalue weighted by Gasteiger charge is 2.30. The normalized spacial score (nSPS) is 10.8. The van der Waals surface area contributed by atoms with E-state index in [0.717, 1.165) is 6.07 Å². The van der Waals surface area contributed by atoms with Crippen LogP contribution in [0.5, 0.6) is 5.75 Å². The Kier molecular flexibility index (Phi) is 4.88. The molecule has 8 heteroatoms. The number of aliphatic carboxylic acids is 1. The molecule has 0 aliphatic carbocycles. The number of ether oxygens (including phenoxy) is 1. The minimum absolute atomic E-state index is 0.0656. The van der Waals surface area contributed by atoms with Crippen LogP contribution in [-0.4, -0.2) is 40.2 Å². The summed E-state index contributed by atoms with van der Waals surface area (Å²) in [5, 5.41) is 20.4. The fraction of sp³-hybridized carbons (Fsp3) is 0.308. The van der Waals surface area contributed by atoms with Crippen LogP contribution in [0.15, 0.2) is 18.2 Å². The first-order valence-electron chi connectivity index (χ1n) is 5.97. The molecule has 1 amide bonds. The maximum atomic E-state index is 11.3. The van der Waals surface area contributed by atoms with Crippen LogP contribution >= 0.6 is 0 Å². The zero-order valence-corrected chi connectivity index (χ0v) is 11.5. The molecule has 0 unspecified atom stereocenters.